The highest BCUT2D eigenvalue weighted by Gasteiger charge is 2.28. The number of halogens is 2. The summed E-state index contributed by atoms with van der Waals surface area (Å²) in [4.78, 5) is 20.2. The van der Waals surface area contributed by atoms with E-state index in [0.29, 0.717) is 27.9 Å². The lowest BCUT2D eigenvalue weighted by Gasteiger charge is -2.31. The number of hydrogen-bond acceptors (Lipinski definition) is 5. The second-order valence-corrected chi connectivity index (χ2v) is 6.69. The van der Waals surface area contributed by atoms with Gasteiger partial charge in [0.15, 0.2) is 0 Å². The smallest absolute Gasteiger partial charge is 0.255 e. The van der Waals surface area contributed by atoms with Gasteiger partial charge in [0.1, 0.15) is 23.3 Å². The van der Waals surface area contributed by atoms with Crippen LogP contribution in [0.2, 0.25) is 10.0 Å². The number of nitrogens with zero attached hydrogens (tertiary/aromatic N) is 3. The van der Waals surface area contributed by atoms with Crippen molar-refractivity contribution >= 4 is 46.3 Å². The third kappa shape index (κ3) is 2.95. The van der Waals surface area contributed by atoms with Crippen molar-refractivity contribution in [2.24, 2.45) is 10.7 Å². The first-order valence-electron chi connectivity index (χ1n) is 7.81. The fraction of sp³-hybridized carbons (Fsp3) is 0.222. The molecule has 26 heavy (non-hydrogen) atoms. The van der Waals surface area contributed by atoms with E-state index in [1.807, 2.05) is 29.2 Å². The van der Waals surface area contributed by atoms with Gasteiger partial charge in [0.2, 0.25) is 0 Å². The van der Waals surface area contributed by atoms with Crippen molar-refractivity contribution in [1.29, 1.82) is 0 Å². The topological polar surface area (TPSA) is 71.2 Å². The van der Waals surface area contributed by atoms with Crippen LogP contribution in [0, 0.1) is 0 Å². The molecule has 0 bridgehead atoms. The van der Waals surface area contributed by atoms with Crippen molar-refractivity contribution < 1.29 is 9.53 Å². The number of amides is 1. The first kappa shape index (κ1) is 18.4. The maximum absolute atomic E-state index is 12.6. The van der Waals surface area contributed by atoms with E-state index in [-0.39, 0.29) is 17.6 Å². The van der Waals surface area contributed by atoms with E-state index in [4.69, 9.17) is 33.7 Å². The third-order valence-electron chi connectivity index (χ3n) is 4.12. The van der Waals surface area contributed by atoms with Crippen molar-refractivity contribution in [3.8, 4) is 5.75 Å². The van der Waals surface area contributed by atoms with Crippen molar-refractivity contribution in [2.45, 2.75) is 0 Å². The molecule has 0 radical (unpaired) electrons. The van der Waals surface area contributed by atoms with Gasteiger partial charge < -0.3 is 20.3 Å². The molecule has 2 aromatic carbocycles. The normalized spacial score (nSPS) is 13.1. The summed E-state index contributed by atoms with van der Waals surface area (Å²) in [6.07, 6.45) is 0. The van der Waals surface area contributed by atoms with Gasteiger partial charge in [-0.05, 0) is 18.2 Å². The van der Waals surface area contributed by atoms with Crippen LogP contribution in [0.4, 0.5) is 11.4 Å². The highest BCUT2D eigenvalue weighted by atomic mass is 35.5. The lowest BCUT2D eigenvalue weighted by Crippen LogP contribution is -2.30. The standard InChI is InChI=1S/C18H18Cl2N4O2/c1-23(2)18(25)11-8-13(26-3)15(20)16(14(11)19)24-9-22-17(21)10-6-4-5-7-12(10)24/h4-8H,9H2,1-3H3,(H2,21,22). The van der Waals surface area contributed by atoms with E-state index in [1.165, 1.54) is 12.0 Å². The molecule has 0 spiro atoms. The van der Waals surface area contributed by atoms with Crippen molar-refractivity contribution in [3.63, 3.8) is 0 Å². The molecular weight excluding hydrogens is 375 g/mol. The molecule has 2 aromatic rings. The molecule has 2 N–H and O–H groups in total. The lowest BCUT2D eigenvalue weighted by atomic mass is 10.1. The minimum atomic E-state index is -0.250. The number of aliphatic imine (C=N–C) groups is 1. The fourth-order valence-electron chi connectivity index (χ4n) is 2.81. The Kier molecular flexibility index (Phi) is 4.98. The summed E-state index contributed by atoms with van der Waals surface area (Å²) in [7, 11) is 4.80. The Morgan fingerprint density at radius 3 is 2.62 bits per heavy atom. The number of fused-ring (bicyclic) bond motifs is 1. The Bertz CT molecular complexity index is 912. The van der Waals surface area contributed by atoms with Crippen molar-refractivity contribution in [3.05, 3.63) is 51.5 Å². The van der Waals surface area contributed by atoms with E-state index in [1.54, 1.807) is 20.2 Å². The zero-order chi connectivity index (χ0) is 19.0. The van der Waals surface area contributed by atoms with Crippen LogP contribution in [0.15, 0.2) is 35.3 Å². The van der Waals surface area contributed by atoms with Gasteiger partial charge in [0.25, 0.3) is 5.91 Å². The molecule has 0 aliphatic carbocycles. The van der Waals surface area contributed by atoms with Crippen molar-refractivity contribution in [2.75, 3.05) is 32.8 Å². The number of benzene rings is 2. The summed E-state index contributed by atoms with van der Waals surface area (Å²) >= 11 is 13.2. The maximum atomic E-state index is 12.6. The highest BCUT2D eigenvalue weighted by Crippen LogP contribution is 2.46. The molecule has 8 heteroatoms. The van der Waals surface area contributed by atoms with Gasteiger partial charge in [0.05, 0.1) is 29.1 Å². The molecule has 136 valence electrons. The molecule has 0 unspecified atom stereocenters. The second-order valence-electron chi connectivity index (χ2n) is 5.93. The van der Waals surface area contributed by atoms with Gasteiger partial charge in [-0.3, -0.25) is 4.79 Å². The maximum Gasteiger partial charge on any atom is 0.255 e. The molecule has 1 amide bonds. The van der Waals surface area contributed by atoms with Crippen LogP contribution in [0.25, 0.3) is 0 Å². The Balaban J connectivity index is 2.26. The first-order chi connectivity index (χ1) is 12.4. The SMILES string of the molecule is COc1cc(C(=O)N(C)C)c(Cl)c(N2CN=C(N)c3ccccc32)c1Cl. The number of methoxy groups -OCH3 is 1. The number of carbonyl (C=O) groups excluding carboxylic acids is 1. The molecule has 0 saturated heterocycles. The molecule has 0 aromatic heterocycles. The first-order valence-corrected chi connectivity index (χ1v) is 8.57. The minimum absolute atomic E-state index is 0.227. The van der Waals surface area contributed by atoms with Gasteiger partial charge in [0, 0.05) is 19.7 Å². The van der Waals surface area contributed by atoms with Gasteiger partial charge in [-0.25, -0.2) is 4.99 Å². The molecule has 0 atom stereocenters. The number of anilines is 2. The predicted molar refractivity (Wildman–Crippen MR) is 105 cm³/mol. The predicted octanol–water partition coefficient (Wildman–Crippen LogP) is 3.52. The van der Waals surface area contributed by atoms with Crippen LogP contribution in [0.1, 0.15) is 15.9 Å². The molecule has 1 aliphatic heterocycles. The Labute approximate surface area is 161 Å². The summed E-state index contributed by atoms with van der Waals surface area (Å²) in [5.41, 5.74) is 8.35. The van der Waals surface area contributed by atoms with Gasteiger partial charge in [-0.1, -0.05) is 35.3 Å². The Morgan fingerprint density at radius 2 is 1.96 bits per heavy atom. The average Bonchev–Trinajstić information content (AvgIpc) is 2.63. The number of nitrogens with two attached hydrogens (primary N) is 1. The Hall–Kier alpha value is -2.44. The lowest BCUT2D eigenvalue weighted by molar-refractivity contribution is 0.0827. The van der Waals surface area contributed by atoms with Crippen LogP contribution in [0.5, 0.6) is 5.75 Å². The van der Waals surface area contributed by atoms with E-state index < -0.39 is 0 Å². The summed E-state index contributed by atoms with van der Waals surface area (Å²) < 4.78 is 5.36. The van der Waals surface area contributed by atoms with E-state index in [0.717, 1.165) is 11.3 Å². The van der Waals surface area contributed by atoms with Crippen molar-refractivity contribution in [1.82, 2.24) is 4.90 Å². The summed E-state index contributed by atoms with van der Waals surface area (Å²) in [6.45, 7) is 0.227. The van der Waals surface area contributed by atoms with Gasteiger partial charge in [-0.2, -0.15) is 0 Å². The zero-order valence-electron chi connectivity index (χ0n) is 14.6. The number of carbonyl (C=O) groups is 1. The molecule has 1 heterocycles. The van der Waals surface area contributed by atoms with E-state index >= 15 is 0 Å². The Morgan fingerprint density at radius 1 is 1.27 bits per heavy atom. The van der Waals surface area contributed by atoms with Crippen LogP contribution in [-0.4, -0.2) is 44.5 Å². The van der Waals surface area contributed by atoms with Gasteiger partial charge >= 0.3 is 0 Å². The number of rotatable bonds is 3. The highest BCUT2D eigenvalue weighted by molar-refractivity contribution is 6.42. The largest absolute Gasteiger partial charge is 0.495 e. The van der Waals surface area contributed by atoms with Crippen LogP contribution in [0.3, 0.4) is 0 Å². The van der Waals surface area contributed by atoms with Crippen LogP contribution in [-0.2, 0) is 0 Å². The summed E-state index contributed by atoms with van der Waals surface area (Å²) in [5.74, 6) is 0.549. The molecule has 0 saturated carbocycles. The van der Waals surface area contributed by atoms with Gasteiger partial charge in [-0.15, -0.1) is 0 Å². The second kappa shape index (κ2) is 7.05. The number of hydrogen-bond donors (Lipinski definition) is 1. The monoisotopic (exact) mass is 392 g/mol. The summed E-state index contributed by atoms with van der Waals surface area (Å²) in [6, 6.07) is 9.08. The molecule has 1 aliphatic rings. The number of para-hydroxylation sites is 1. The molecular formula is C18H18Cl2N4O2. The minimum Gasteiger partial charge on any atom is -0.495 e. The fourth-order valence-corrected chi connectivity index (χ4v) is 3.51. The van der Waals surface area contributed by atoms with E-state index in [2.05, 4.69) is 4.99 Å². The average molecular weight is 393 g/mol. The number of amidine groups is 1. The molecule has 6 nitrogen and oxygen atoms in total. The number of ether oxygens (including phenoxy) is 1. The van der Waals surface area contributed by atoms with Crippen LogP contribution < -0.4 is 15.4 Å². The zero-order valence-corrected chi connectivity index (χ0v) is 16.1. The quantitative estimate of drug-likeness (QED) is 0.866. The molecule has 0 fully saturated rings. The third-order valence-corrected chi connectivity index (χ3v) is 4.87. The van der Waals surface area contributed by atoms with E-state index in [9.17, 15) is 4.79 Å². The molecule has 3 rings (SSSR count). The van der Waals surface area contributed by atoms with Crippen LogP contribution >= 0.6 is 23.2 Å². The summed E-state index contributed by atoms with van der Waals surface area (Å²) in [5, 5.41) is 0.540.